The van der Waals surface area contributed by atoms with Crippen LogP contribution in [0.15, 0.2) is 0 Å². The van der Waals surface area contributed by atoms with Gasteiger partial charge in [0.15, 0.2) is 0 Å². The predicted molar refractivity (Wildman–Crippen MR) is 41.8 cm³/mol. The van der Waals surface area contributed by atoms with Gasteiger partial charge < -0.3 is 5.32 Å². The van der Waals surface area contributed by atoms with E-state index in [1.54, 1.807) is 0 Å². The van der Waals surface area contributed by atoms with Crippen molar-refractivity contribution in [3.8, 4) is 0 Å². The standard InChI is InChI=1S/C6H14NS/c1-3-8-6-4-5-7-2/h3-6H2,1-2H3/q-1. The minimum absolute atomic E-state index is 1.03. The fraction of sp³-hybridized carbons (Fsp3) is 1.00. The summed E-state index contributed by atoms with van der Waals surface area (Å²) in [5, 5.41) is 3.99. The van der Waals surface area contributed by atoms with Gasteiger partial charge in [-0.25, -0.2) is 0 Å². The lowest BCUT2D eigenvalue weighted by molar-refractivity contribution is 1.01. The SMILES string of the molecule is CCSCCC[N-]C. The molecule has 0 amide bonds. The van der Waals surface area contributed by atoms with Crippen LogP contribution in [0.1, 0.15) is 13.3 Å². The average Bonchev–Trinajstić information content (AvgIpc) is 1.81. The monoisotopic (exact) mass is 132 g/mol. The molecule has 1 nitrogen and oxygen atoms in total. The molecule has 0 N–H and O–H groups in total. The third-order valence-corrected chi connectivity index (χ3v) is 1.86. The summed E-state index contributed by atoms with van der Waals surface area (Å²) in [5.74, 6) is 2.51. The fourth-order valence-electron chi connectivity index (χ4n) is 0.469. The van der Waals surface area contributed by atoms with Crippen LogP contribution in [0.3, 0.4) is 0 Å². The first-order chi connectivity index (χ1) is 3.91. The van der Waals surface area contributed by atoms with Crippen LogP contribution in [0.5, 0.6) is 0 Å². The lowest BCUT2D eigenvalue weighted by atomic mass is 10.5. The summed E-state index contributed by atoms with van der Waals surface area (Å²) in [4.78, 5) is 0. The van der Waals surface area contributed by atoms with Gasteiger partial charge in [-0.3, -0.25) is 0 Å². The van der Waals surface area contributed by atoms with Gasteiger partial charge in [0.2, 0.25) is 0 Å². The van der Waals surface area contributed by atoms with Crippen LogP contribution in [-0.2, 0) is 0 Å². The molecule has 8 heavy (non-hydrogen) atoms. The van der Waals surface area contributed by atoms with Crippen LogP contribution in [0, 0.1) is 0 Å². The first-order valence-corrected chi connectivity index (χ1v) is 4.20. The Morgan fingerprint density at radius 3 is 2.75 bits per heavy atom. The Morgan fingerprint density at radius 2 is 2.25 bits per heavy atom. The predicted octanol–water partition coefficient (Wildman–Crippen LogP) is 2.13. The topological polar surface area (TPSA) is 14.1 Å². The number of hydrogen-bond donors (Lipinski definition) is 0. The van der Waals surface area contributed by atoms with E-state index in [-0.39, 0.29) is 0 Å². The summed E-state index contributed by atoms with van der Waals surface area (Å²) >= 11 is 1.99. The van der Waals surface area contributed by atoms with Crippen LogP contribution >= 0.6 is 11.8 Å². The second-order valence-electron chi connectivity index (χ2n) is 1.59. The lowest BCUT2D eigenvalue weighted by Crippen LogP contribution is -1.84. The first kappa shape index (κ1) is 8.31. The summed E-state index contributed by atoms with van der Waals surface area (Å²) in [7, 11) is 1.87. The lowest BCUT2D eigenvalue weighted by Gasteiger charge is -2.08. The maximum atomic E-state index is 3.99. The molecule has 0 spiro atoms. The third kappa shape index (κ3) is 6.31. The van der Waals surface area contributed by atoms with Gasteiger partial charge in [0.1, 0.15) is 0 Å². The van der Waals surface area contributed by atoms with E-state index in [0.717, 1.165) is 6.54 Å². The summed E-state index contributed by atoms with van der Waals surface area (Å²) in [6.07, 6.45) is 1.25. The first-order valence-electron chi connectivity index (χ1n) is 3.05. The molecule has 0 aromatic carbocycles. The molecule has 0 fully saturated rings. The number of rotatable bonds is 5. The minimum Gasteiger partial charge on any atom is -0.665 e. The Hall–Kier alpha value is 0.310. The van der Waals surface area contributed by atoms with E-state index in [9.17, 15) is 0 Å². The summed E-state index contributed by atoms with van der Waals surface area (Å²) in [6.45, 7) is 3.22. The molecular formula is C6H14NS-. The van der Waals surface area contributed by atoms with E-state index in [1.165, 1.54) is 17.9 Å². The second-order valence-corrected chi connectivity index (χ2v) is 2.98. The molecule has 0 saturated carbocycles. The van der Waals surface area contributed by atoms with Gasteiger partial charge in [-0.05, 0) is 11.5 Å². The van der Waals surface area contributed by atoms with Crippen LogP contribution in [0.2, 0.25) is 0 Å². The fourth-order valence-corrected chi connectivity index (χ4v) is 1.09. The maximum Gasteiger partial charge on any atom is -0.00840 e. The molecule has 0 unspecified atom stereocenters. The van der Waals surface area contributed by atoms with Crippen molar-refractivity contribution in [2.75, 3.05) is 25.1 Å². The average molecular weight is 132 g/mol. The van der Waals surface area contributed by atoms with Crippen molar-refractivity contribution in [2.45, 2.75) is 13.3 Å². The molecule has 2 heteroatoms. The van der Waals surface area contributed by atoms with Gasteiger partial charge in [-0.15, -0.1) is 6.54 Å². The highest BCUT2D eigenvalue weighted by molar-refractivity contribution is 7.99. The molecule has 0 bridgehead atoms. The van der Waals surface area contributed by atoms with E-state index >= 15 is 0 Å². The van der Waals surface area contributed by atoms with Crippen molar-refractivity contribution in [3.63, 3.8) is 0 Å². The highest BCUT2D eigenvalue weighted by atomic mass is 32.2. The molecule has 0 aliphatic heterocycles. The summed E-state index contributed by atoms with van der Waals surface area (Å²) in [5.41, 5.74) is 0. The molecule has 0 atom stereocenters. The smallest absolute Gasteiger partial charge is 0.00840 e. The van der Waals surface area contributed by atoms with Crippen LogP contribution in [0.4, 0.5) is 0 Å². The largest absolute Gasteiger partial charge is 0.665 e. The van der Waals surface area contributed by atoms with Gasteiger partial charge in [-0.2, -0.15) is 18.8 Å². The second kappa shape index (κ2) is 7.31. The quantitative estimate of drug-likeness (QED) is 0.523. The van der Waals surface area contributed by atoms with Crippen LogP contribution in [0.25, 0.3) is 5.32 Å². The Labute approximate surface area is 56.2 Å². The highest BCUT2D eigenvalue weighted by Crippen LogP contribution is 2.00. The van der Waals surface area contributed by atoms with Crippen molar-refractivity contribution >= 4 is 11.8 Å². The molecule has 0 aliphatic carbocycles. The van der Waals surface area contributed by atoms with E-state index in [2.05, 4.69) is 12.2 Å². The molecular weight excluding hydrogens is 118 g/mol. The van der Waals surface area contributed by atoms with Crippen molar-refractivity contribution in [1.82, 2.24) is 0 Å². The highest BCUT2D eigenvalue weighted by Gasteiger charge is 1.78. The van der Waals surface area contributed by atoms with Crippen molar-refractivity contribution in [2.24, 2.45) is 0 Å². The zero-order valence-corrected chi connectivity index (χ0v) is 6.50. The molecule has 0 aromatic rings. The zero-order chi connectivity index (χ0) is 6.24. The van der Waals surface area contributed by atoms with Crippen LogP contribution in [-0.4, -0.2) is 25.1 Å². The van der Waals surface area contributed by atoms with E-state index in [4.69, 9.17) is 0 Å². The summed E-state index contributed by atoms with van der Waals surface area (Å²) in [6, 6.07) is 0. The molecule has 0 aliphatic rings. The normalized spacial score (nSPS) is 9.75. The van der Waals surface area contributed by atoms with Gasteiger partial charge in [0, 0.05) is 0 Å². The number of nitrogens with zero attached hydrogens (tertiary/aromatic N) is 1. The van der Waals surface area contributed by atoms with Crippen molar-refractivity contribution in [1.29, 1.82) is 0 Å². The zero-order valence-electron chi connectivity index (χ0n) is 5.68. The van der Waals surface area contributed by atoms with Crippen LogP contribution < -0.4 is 0 Å². The van der Waals surface area contributed by atoms with E-state index in [0.29, 0.717) is 0 Å². The molecule has 0 heterocycles. The minimum atomic E-state index is 1.03. The maximum absolute atomic E-state index is 3.99. The third-order valence-electron chi connectivity index (χ3n) is 0.875. The molecule has 0 saturated heterocycles. The Morgan fingerprint density at radius 1 is 1.50 bits per heavy atom. The van der Waals surface area contributed by atoms with Gasteiger partial charge in [-0.1, -0.05) is 13.3 Å². The summed E-state index contributed by atoms with van der Waals surface area (Å²) < 4.78 is 0. The molecule has 0 rings (SSSR count). The van der Waals surface area contributed by atoms with Crippen molar-refractivity contribution in [3.05, 3.63) is 5.32 Å². The van der Waals surface area contributed by atoms with Gasteiger partial charge in [0.25, 0.3) is 0 Å². The van der Waals surface area contributed by atoms with Gasteiger partial charge >= 0.3 is 0 Å². The Kier molecular flexibility index (Phi) is 7.59. The number of hydrogen-bond acceptors (Lipinski definition) is 1. The molecule has 0 aromatic heterocycles. The Bertz CT molecular complexity index is 33.5. The van der Waals surface area contributed by atoms with Crippen molar-refractivity contribution < 1.29 is 0 Å². The Balaban J connectivity index is 2.53. The van der Waals surface area contributed by atoms with E-state index in [1.807, 2.05) is 18.8 Å². The molecule has 0 radical (unpaired) electrons. The number of thioether (sulfide) groups is 1. The molecule has 50 valence electrons. The van der Waals surface area contributed by atoms with Gasteiger partial charge in [0.05, 0.1) is 0 Å². The van der Waals surface area contributed by atoms with E-state index < -0.39 is 0 Å².